The number of rotatable bonds is 4. The minimum atomic E-state index is 0.385. The number of ether oxygens (including phenoxy) is 1. The highest BCUT2D eigenvalue weighted by molar-refractivity contribution is 5.59. The lowest BCUT2D eigenvalue weighted by Gasteiger charge is -2.37. The molecule has 2 rings (SSSR count). The summed E-state index contributed by atoms with van der Waals surface area (Å²) < 4.78 is 5.47. The van der Waals surface area contributed by atoms with E-state index in [2.05, 4.69) is 22.9 Å². The molecule has 0 spiro atoms. The van der Waals surface area contributed by atoms with E-state index in [4.69, 9.17) is 10.5 Å². The Morgan fingerprint density at radius 2 is 2.05 bits per heavy atom. The van der Waals surface area contributed by atoms with Crippen LogP contribution in [0.15, 0.2) is 12.3 Å². The van der Waals surface area contributed by atoms with E-state index < -0.39 is 0 Å². The van der Waals surface area contributed by atoms with Gasteiger partial charge < -0.3 is 15.4 Å². The Balaban J connectivity index is 2.23. The molecule has 4 heteroatoms. The van der Waals surface area contributed by atoms with E-state index in [1.807, 2.05) is 13.1 Å². The number of anilines is 1. The van der Waals surface area contributed by atoms with Gasteiger partial charge in [-0.3, -0.25) is 4.98 Å². The predicted molar refractivity (Wildman–Crippen MR) is 78.8 cm³/mol. The lowest BCUT2D eigenvalue weighted by Crippen LogP contribution is -2.41. The fourth-order valence-corrected chi connectivity index (χ4v) is 2.95. The fraction of sp³-hybridized carbons (Fsp3) is 0.667. The van der Waals surface area contributed by atoms with Gasteiger partial charge in [0.1, 0.15) is 0 Å². The van der Waals surface area contributed by atoms with Crippen molar-refractivity contribution in [3.05, 3.63) is 18.0 Å². The Bertz CT molecular complexity index is 414. The zero-order valence-corrected chi connectivity index (χ0v) is 12.2. The van der Waals surface area contributed by atoms with Crippen molar-refractivity contribution in [1.82, 2.24) is 4.98 Å². The highest BCUT2D eigenvalue weighted by atomic mass is 16.5. The minimum Gasteiger partial charge on any atom is -0.493 e. The molecule has 0 amide bonds. The topological polar surface area (TPSA) is 51.4 Å². The lowest BCUT2D eigenvalue weighted by molar-refractivity contribution is 0.370. The molecule has 0 aromatic carbocycles. The number of methoxy groups -OCH3 is 1. The Morgan fingerprint density at radius 3 is 2.63 bits per heavy atom. The first-order valence-electron chi connectivity index (χ1n) is 7.18. The standard InChI is InChI=1S/C15H25N3O/c1-4-18(13-7-5-12(16)6-8-13)14-9-11(2)17-10-15(14)19-3/h9-10,12-13H,4-8,16H2,1-3H3. The molecular weight excluding hydrogens is 238 g/mol. The van der Waals surface area contributed by atoms with E-state index >= 15 is 0 Å². The molecule has 106 valence electrons. The van der Waals surface area contributed by atoms with Crippen LogP contribution in [0.4, 0.5) is 5.69 Å². The van der Waals surface area contributed by atoms with E-state index in [1.165, 1.54) is 12.8 Å². The van der Waals surface area contributed by atoms with Crippen molar-refractivity contribution in [2.75, 3.05) is 18.6 Å². The van der Waals surface area contributed by atoms with Crippen molar-refractivity contribution in [1.29, 1.82) is 0 Å². The van der Waals surface area contributed by atoms with Gasteiger partial charge in [0.2, 0.25) is 0 Å². The van der Waals surface area contributed by atoms with E-state index in [1.54, 1.807) is 7.11 Å². The molecule has 0 aliphatic heterocycles. The monoisotopic (exact) mass is 263 g/mol. The zero-order chi connectivity index (χ0) is 13.8. The Kier molecular flexibility index (Phi) is 4.64. The molecule has 19 heavy (non-hydrogen) atoms. The molecule has 1 aliphatic rings. The van der Waals surface area contributed by atoms with Crippen molar-refractivity contribution in [2.24, 2.45) is 5.73 Å². The lowest BCUT2D eigenvalue weighted by atomic mass is 9.90. The second-order valence-corrected chi connectivity index (χ2v) is 5.35. The molecule has 0 saturated heterocycles. The van der Waals surface area contributed by atoms with Gasteiger partial charge in [0.25, 0.3) is 0 Å². The van der Waals surface area contributed by atoms with E-state index in [-0.39, 0.29) is 0 Å². The van der Waals surface area contributed by atoms with Crippen LogP contribution in [0.5, 0.6) is 5.75 Å². The van der Waals surface area contributed by atoms with Gasteiger partial charge in [-0.15, -0.1) is 0 Å². The van der Waals surface area contributed by atoms with Gasteiger partial charge in [-0.2, -0.15) is 0 Å². The van der Waals surface area contributed by atoms with Gasteiger partial charge in [0.05, 0.1) is 19.0 Å². The largest absolute Gasteiger partial charge is 0.493 e. The molecule has 1 heterocycles. The van der Waals surface area contributed by atoms with Gasteiger partial charge in [-0.1, -0.05) is 0 Å². The van der Waals surface area contributed by atoms with Gasteiger partial charge in [0.15, 0.2) is 5.75 Å². The second-order valence-electron chi connectivity index (χ2n) is 5.35. The second kappa shape index (κ2) is 6.24. The Morgan fingerprint density at radius 1 is 1.37 bits per heavy atom. The van der Waals surface area contributed by atoms with Crippen LogP contribution in [-0.4, -0.2) is 30.7 Å². The third-order valence-electron chi connectivity index (χ3n) is 4.04. The zero-order valence-electron chi connectivity index (χ0n) is 12.2. The average Bonchev–Trinajstić information content (AvgIpc) is 2.42. The van der Waals surface area contributed by atoms with Crippen LogP contribution < -0.4 is 15.4 Å². The van der Waals surface area contributed by atoms with Gasteiger partial charge in [-0.25, -0.2) is 0 Å². The normalized spacial score (nSPS) is 23.2. The molecular formula is C15H25N3O. The van der Waals surface area contributed by atoms with Gasteiger partial charge in [-0.05, 0) is 45.6 Å². The Hall–Kier alpha value is -1.29. The highest BCUT2D eigenvalue weighted by Gasteiger charge is 2.25. The number of nitrogens with two attached hydrogens (primary N) is 1. The molecule has 0 bridgehead atoms. The summed E-state index contributed by atoms with van der Waals surface area (Å²) in [6, 6.07) is 3.08. The smallest absolute Gasteiger partial charge is 0.160 e. The summed E-state index contributed by atoms with van der Waals surface area (Å²) in [6.07, 6.45) is 6.39. The summed E-state index contributed by atoms with van der Waals surface area (Å²) in [5, 5.41) is 0. The van der Waals surface area contributed by atoms with Crippen molar-refractivity contribution >= 4 is 5.69 Å². The number of hydrogen-bond donors (Lipinski definition) is 1. The van der Waals surface area contributed by atoms with Crippen LogP contribution in [0, 0.1) is 6.92 Å². The molecule has 1 aromatic rings. The van der Waals surface area contributed by atoms with Crippen molar-refractivity contribution < 1.29 is 4.74 Å². The highest BCUT2D eigenvalue weighted by Crippen LogP contribution is 2.33. The molecule has 0 unspecified atom stereocenters. The number of aromatic nitrogens is 1. The van der Waals surface area contributed by atoms with Crippen LogP contribution in [0.25, 0.3) is 0 Å². The fourth-order valence-electron chi connectivity index (χ4n) is 2.95. The summed E-state index contributed by atoms with van der Waals surface area (Å²) >= 11 is 0. The van der Waals surface area contributed by atoms with Crippen molar-refractivity contribution in [3.63, 3.8) is 0 Å². The van der Waals surface area contributed by atoms with Crippen LogP contribution in [0.2, 0.25) is 0 Å². The van der Waals surface area contributed by atoms with Crippen LogP contribution in [0.3, 0.4) is 0 Å². The van der Waals surface area contributed by atoms with E-state index in [0.717, 1.165) is 36.5 Å². The molecule has 1 aliphatic carbocycles. The number of pyridine rings is 1. The maximum atomic E-state index is 6.00. The minimum absolute atomic E-state index is 0.385. The third-order valence-corrected chi connectivity index (χ3v) is 4.04. The molecule has 4 nitrogen and oxygen atoms in total. The first-order valence-corrected chi connectivity index (χ1v) is 7.18. The molecule has 1 aromatic heterocycles. The molecule has 1 fully saturated rings. The Labute approximate surface area is 116 Å². The summed E-state index contributed by atoms with van der Waals surface area (Å²) in [6.45, 7) is 5.21. The number of hydrogen-bond acceptors (Lipinski definition) is 4. The predicted octanol–water partition coefficient (Wildman–Crippen LogP) is 2.49. The van der Waals surface area contributed by atoms with Gasteiger partial charge in [0, 0.05) is 24.3 Å². The maximum absolute atomic E-state index is 6.00. The summed E-state index contributed by atoms with van der Waals surface area (Å²) in [7, 11) is 1.71. The molecule has 2 N–H and O–H groups in total. The quantitative estimate of drug-likeness (QED) is 0.907. The summed E-state index contributed by atoms with van der Waals surface area (Å²) in [5.41, 5.74) is 8.20. The summed E-state index contributed by atoms with van der Waals surface area (Å²) in [4.78, 5) is 6.76. The van der Waals surface area contributed by atoms with Crippen LogP contribution in [0.1, 0.15) is 38.3 Å². The first-order chi connectivity index (χ1) is 9.15. The van der Waals surface area contributed by atoms with Crippen LogP contribution in [-0.2, 0) is 0 Å². The van der Waals surface area contributed by atoms with E-state index in [9.17, 15) is 0 Å². The summed E-state index contributed by atoms with van der Waals surface area (Å²) in [5.74, 6) is 0.863. The molecule has 1 saturated carbocycles. The SMILES string of the molecule is CCN(c1cc(C)ncc1OC)C1CCC(N)CC1. The third kappa shape index (κ3) is 3.18. The number of aryl methyl sites for hydroxylation is 1. The van der Waals surface area contributed by atoms with Crippen molar-refractivity contribution in [2.45, 2.75) is 51.6 Å². The van der Waals surface area contributed by atoms with Crippen LogP contribution >= 0.6 is 0 Å². The van der Waals surface area contributed by atoms with E-state index in [0.29, 0.717) is 12.1 Å². The molecule has 0 atom stereocenters. The first kappa shape index (κ1) is 14.1. The maximum Gasteiger partial charge on any atom is 0.160 e. The van der Waals surface area contributed by atoms with Crippen molar-refractivity contribution in [3.8, 4) is 5.75 Å². The number of nitrogens with zero attached hydrogens (tertiary/aromatic N) is 2. The van der Waals surface area contributed by atoms with Gasteiger partial charge >= 0.3 is 0 Å². The average molecular weight is 263 g/mol. The molecule has 0 radical (unpaired) electrons.